The Hall–Kier alpha value is -0.736. The van der Waals surface area contributed by atoms with E-state index in [1.807, 2.05) is 0 Å². The summed E-state index contributed by atoms with van der Waals surface area (Å²) in [6.45, 7) is 15.9. The van der Waals surface area contributed by atoms with Crippen LogP contribution < -0.4 is 0 Å². The van der Waals surface area contributed by atoms with Gasteiger partial charge in [-0.1, -0.05) is 44.4 Å². The molecule has 5 nitrogen and oxygen atoms in total. The molecule has 0 aromatic rings. The lowest BCUT2D eigenvalue weighted by Crippen LogP contribution is -2.34. The van der Waals surface area contributed by atoms with Gasteiger partial charge in [0.05, 0.1) is 31.5 Å². The van der Waals surface area contributed by atoms with Crippen LogP contribution in [-0.4, -0.2) is 54.1 Å². The standard InChI is InChI=1S/C27H50O5Si2/c1-9-10-11-14-21(31-33(3,4)5)17-18-23-24-19-22(15-12-13-16-27(28)29-2)30-25(24)20-26(23)32-34(6,7)8/h17-19,21-23,25-26H,9-16,20H2,1-8H3/b18-17+/t21?,22?,23-,25?,26?/m1/s1. The lowest BCUT2D eigenvalue weighted by Gasteiger charge is -2.28. The van der Waals surface area contributed by atoms with Gasteiger partial charge < -0.3 is 18.3 Å². The van der Waals surface area contributed by atoms with E-state index in [-0.39, 0.29) is 36.3 Å². The highest BCUT2D eigenvalue weighted by atomic mass is 28.4. The number of methoxy groups -OCH3 is 1. The first-order chi connectivity index (χ1) is 15.9. The van der Waals surface area contributed by atoms with E-state index >= 15 is 0 Å². The molecule has 4 unspecified atom stereocenters. The minimum atomic E-state index is -1.67. The number of fused-ring (bicyclic) bond motifs is 1. The SMILES string of the molecule is CCCCCC(/C=C/[C@@H]1C2=CC(CCCCC(=O)OC)OC2CC1O[Si](C)(C)C)O[Si](C)(C)C. The number of ether oxygens (including phenoxy) is 2. The van der Waals surface area contributed by atoms with Crippen molar-refractivity contribution in [1.29, 1.82) is 0 Å². The smallest absolute Gasteiger partial charge is 0.305 e. The van der Waals surface area contributed by atoms with Gasteiger partial charge in [-0.2, -0.15) is 0 Å². The minimum absolute atomic E-state index is 0.131. The second-order valence-corrected chi connectivity index (χ2v) is 20.8. The topological polar surface area (TPSA) is 54.0 Å². The molecule has 1 saturated carbocycles. The third kappa shape index (κ3) is 10.5. The number of hydrogen-bond donors (Lipinski definition) is 0. The van der Waals surface area contributed by atoms with Gasteiger partial charge in [-0.05, 0) is 70.5 Å². The predicted octanol–water partition coefficient (Wildman–Crippen LogP) is 7.01. The Morgan fingerprint density at radius 2 is 1.85 bits per heavy atom. The summed E-state index contributed by atoms with van der Waals surface area (Å²) in [5.74, 6) is 0.129. The zero-order valence-corrected chi connectivity index (χ0v) is 25.0. The Balaban J connectivity index is 2.10. The molecule has 1 fully saturated rings. The van der Waals surface area contributed by atoms with Gasteiger partial charge in [-0.25, -0.2) is 0 Å². The van der Waals surface area contributed by atoms with E-state index in [4.69, 9.17) is 18.3 Å². The molecule has 34 heavy (non-hydrogen) atoms. The summed E-state index contributed by atoms with van der Waals surface area (Å²) >= 11 is 0. The molecule has 0 saturated heterocycles. The van der Waals surface area contributed by atoms with Gasteiger partial charge in [0.25, 0.3) is 0 Å². The number of carbonyl (C=O) groups is 1. The molecule has 0 N–H and O–H groups in total. The van der Waals surface area contributed by atoms with Gasteiger partial charge in [0.2, 0.25) is 0 Å². The second-order valence-electron chi connectivity index (χ2n) is 11.8. The summed E-state index contributed by atoms with van der Waals surface area (Å²) in [5, 5.41) is 0. The van der Waals surface area contributed by atoms with Crippen LogP contribution in [0, 0.1) is 5.92 Å². The summed E-state index contributed by atoms with van der Waals surface area (Å²) < 4.78 is 24.3. The molecule has 2 rings (SSSR count). The van der Waals surface area contributed by atoms with Crippen LogP contribution in [0.25, 0.3) is 0 Å². The fraction of sp³-hybridized carbons (Fsp3) is 0.815. The van der Waals surface area contributed by atoms with Crippen molar-refractivity contribution in [2.75, 3.05) is 7.11 Å². The lowest BCUT2D eigenvalue weighted by molar-refractivity contribution is -0.140. The van der Waals surface area contributed by atoms with Gasteiger partial charge in [-0.3, -0.25) is 4.79 Å². The van der Waals surface area contributed by atoms with Crippen molar-refractivity contribution in [1.82, 2.24) is 0 Å². The fourth-order valence-electron chi connectivity index (χ4n) is 4.91. The monoisotopic (exact) mass is 510 g/mol. The Labute approximate surface area is 210 Å². The van der Waals surface area contributed by atoms with Crippen molar-refractivity contribution in [3.63, 3.8) is 0 Å². The van der Waals surface area contributed by atoms with Crippen LogP contribution >= 0.6 is 0 Å². The van der Waals surface area contributed by atoms with Gasteiger partial charge in [0, 0.05) is 18.8 Å². The molecule has 1 aliphatic carbocycles. The average Bonchev–Trinajstić information content (AvgIpc) is 3.24. The van der Waals surface area contributed by atoms with E-state index in [9.17, 15) is 4.79 Å². The molecule has 5 atom stereocenters. The molecular weight excluding hydrogens is 460 g/mol. The number of esters is 1. The molecular formula is C27H50O5Si2. The van der Waals surface area contributed by atoms with Crippen LogP contribution in [0.1, 0.15) is 64.7 Å². The normalized spacial score (nSPS) is 26.1. The Morgan fingerprint density at radius 3 is 2.47 bits per heavy atom. The molecule has 0 spiro atoms. The summed E-state index contributed by atoms with van der Waals surface area (Å²) in [7, 11) is -1.85. The molecule has 1 heterocycles. The van der Waals surface area contributed by atoms with E-state index in [1.54, 1.807) is 0 Å². The Morgan fingerprint density at radius 1 is 1.12 bits per heavy atom. The molecule has 0 aromatic carbocycles. The minimum Gasteiger partial charge on any atom is -0.469 e. The molecule has 196 valence electrons. The van der Waals surface area contributed by atoms with E-state index < -0.39 is 16.6 Å². The highest BCUT2D eigenvalue weighted by molar-refractivity contribution is 6.70. The summed E-state index contributed by atoms with van der Waals surface area (Å²) in [4.78, 5) is 11.4. The zero-order chi connectivity index (χ0) is 25.4. The zero-order valence-electron chi connectivity index (χ0n) is 23.0. The number of rotatable bonds is 15. The Kier molecular flexibility index (Phi) is 11.7. The Bertz CT molecular complexity index is 692. The molecule has 1 aliphatic heterocycles. The van der Waals surface area contributed by atoms with Crippen molar-refractivity contribution in [2.45, 2.75) is 128 Å². The van der Waals surface area contributed by atoms with E-state index in [0.717, 1.165) is 32.1 Å². The van der Waals surface area contributed by atoms with Crippen LogP contribution in [0.15, 0.2) is 23.8 Å². The first-order valence-electron chi connectivity index (χ1n) is 13.4. The molecule has 7 heteroatoms. The van der Waals surface area contributed by atoms with E-state index in [1.165, 1.54) is 31.9 Å². The molecule has 0 aromatic heterocycles. The van der Waals surface area contributed by atoms with E-state index in [0.29, 0.717) is 6.42 Å². The quantitative estimate of drug-likeness (QED) is 0.103. The van der Waals surface area contributed by atoms with E-state index in [2.05, 4.69) is 64.4 Å². The van der Waals surface area contributed by atoms with Gasteiger partial charge in [0.15, 0.2) is 16.6 Å². The molecule has 0 radical (unpaired) electrons. The van der Waals surface area contributed by atoms with Crippen LogP contribution in [0.2, 0.25) is 39.3 Å². The fourth-order valence-corrected chi connectivity index (χ4v) is 7.16. The van der Waals surface area contributed by atoms with Crippen molar-refractivity contribution < 1.29 is 23.1 Å². The highest BCUT2D eigenvalue weighted by Crippen LogP contribution is 2.43. The summed E-state index contributed by atoms with van der Waals surface area (Å²) in [5.41, 5.74) is 1.39. The van der Waals surface area contributed by atoms with Crippen molar-refractivity contribution in [3.8, 4) is 0 Å². The van der Waals surface area contributed by atoms with Crippen LogP contribution in [0.3, 0.4) is 0 Å². The highest BCUT2D eigenvalue weighted by Gasteiger charge is 2.44. The summed E-state index contributed by atoms with van der Waals surface area (Å²) in [6.07, 6.45) is 16.6. The number of carbonyl (C=O) groups excluding carboxylic acids is 1. The number of hydrogen-bond acceptors (Lipinski definition) is 5. The van der Waals surface area contributed by atoms with Crippen LogP contribution in [-0.2, 0) is 23.1 Å². The third-order valence-corrected chi connectivity index (χ3v) is 8.32. The predicted molar refractivity (Wildman–Crippen MR) is 145 cm³/mol. The van der Waals surface area contributed by atoms with Crippen molar-refractivity contribution in [2.24, 2.45) is 5.92 Å². The first kappa shape index (κ1) is 29.5. The maximum absolute atomic E-state index is 11.4. The number of unbranched alkanes of at least 4 members (excludes halogenated alkanes) is 3. The van der Waals surface area contributed by atoms with Crippen molar-refractivity contribution in [3.05, 3.63) is 23.8 Å². The second kappa shape index (κ2) is 13.5. The summed E-state index contributed by atoms with van der Waals surface area (Å²) in [6, 6.07) is 0. The maximum atomic E-state index is 11.4. The largest absolute Gasteiger partial charge is 0.469 e. The van der Waals surface area contributed by atoms with Crippen LogP contribution in [0.4, 0.5) is 0 Å². The lowest BCUT2D eigenvalue weighted by atomic mass is 9.97. The van der Waals surface area contributed by atoms with Gasteiger partial charge in [-0.15, -0.1) is 0 Å². The van der Waals surface area contributed by atoms with Gasteiger partial charge >= 0.3 is 5.97 Å². The van der Waals surface area contributed by atoms with Crippen LogP contribution in [0.5, 0.6) is 0 Å². The van der Waals surface area contributed by atoms with Gasteiger partial charge in [0.1, 0.15) is 0 Å². The average molecular weight is 511 g/mol. The maximum Gasteiger partial charge on any atom is 0.305 e. The third-order valence-electron chi connectivity index (χ3n) is 6.30. The molecule has 0 bridgehead atoms. The molecule has 0 amide bonds. The van der Waals surface area contributed by atoms with Crippen molar-refractivity contribution >= 4 is 22.6 Å². The first-order valence-corrected chi connectivity index (χ1v) is 20.2. The molecule has 2 aliphatic rings.